The molecule has 0 saturated heterocycles. The number of amides is 1. The molecule has 0 fully saturated rings. The average Bonchev–Trinajstić information content (AvgIpc) is 2.97. The fraction of sp³-hybridized carbons (Fsp3) is 0.438. The first-order valence-corrected chi connectivity index (χ1v) is 7.91. The first-order chi connectivity index (χ1) is 11.9. The highest BCUT2D eigenvalue weighted by Crippen LogP contribution is 2.21. The SMILES string of the molecule is O=C(Cn1nnc2c1CCCC2)Nc1ccc(OCC(F)(F)F)cc1. The van der Waals surface area contributed by atoms with E-state index in [1.807, 2.05) is 0 Å². The standard InChI is InChI=1S/C16H17F3N4O2/c17-16(18,19)10-25-12-7-5-11(6-8-12)20-15(24)9-23-14-4-2-1-3-13(14)21-22-23/h5-8H,1-4,9-10H2,(H,20,24). The summed E-state index contributed by atoms with van der Waals surface area (Å²) in [5.74, 6) is -0.192. The Labute approximate surface area is 142 Å². The summed E-state index contributed by atoms with van der Waals surface area (Å²) in [4.78, 5) is 12.1. The molecule has 0 aliphatic heterocycles. The average molecular weight is 354 g/mol. The lowest BCUT2D eigenvalue weighted by atomic mass is 10.0. The van der Waals surface area contributed by atoms with Gasteiger partial charge in [0.2, 0.25) is 5.91 Å². The smallest absolute Gasteiger partial charge is 0.422 e. The molecule has 1 aliphatic carbocycles. The summed E-state index contributed by atoms with van der Waals surface area (Å²) in [6.07, 6.45) is -0.497. The fourth-order valence-electron chi connectivity index (χ4n) is 2.68. The number of carbonyl (C=O) groups is 1. The molecule has 0 saturated carbocycles. The second kappa shape index (κ2) is 7.12. The maximum absolute atomic E-state index is 12.1. The lowest BCUT2D eigenvalue weighted by molar-refractivity contribution is -0.153. The highest BCUT2D eigenvalue weighted by atomic mass is 19.4. The third-order valence-electron chi connectivity index (χ3n) is 3.83. The van der Waals surface area contributed by atoms with Gasteiger partial charge in [-0.05, 0) is 49.9 Å². The van der Waals surface area contributed by atoms with Crippen molar-refractivity contribution in [1.82, 2.24) is 15.0 Å². The molecular formula is C16H17F3N4O2. The number of carbonyl (C=O) groups excluding carboxylic acids is 1. The van der Waals surface area contributed by atoms with Gasteiger partial charge in [0.05, 0.1) is 11.4 Å². The molecule has 9 heteroatoms. The molecule has 1 aromatic carbocycles. The van der Waals surface area contributed by atoms with Gasteiger partial charge in [0.1, 0.15) is 12.3 Å². The number of nitrogens with one attached hydrogen (secondary N) is 1. The second-order valence-corrected chi connectivity index (χ2v) is 5.82. The minimum atomic E-state index is -4.39. The van der Waals surface area contributed by atoms with Gasteiger partial charge < -0.3 is 10.1 Å². The van der Waals surface area contributed by atoms with Crippen molar-refractivity contribution in [3.8, 4) is 5.75 Å². The van der Waals surface area contributed by atoms with E-state index >= 15 is 0 Å². The second-order valence-electron chi connectivity index (χ2n) is 5.82. The summed E-state index contributed by atoms with van der Waals surface area (Å²) >= 11 is 0. The molecule has 0 atom stereocenters. The van der Waals surface area contributed by atoms with Crippen LogP contribution in [0.15, 0.2) is 24.3 Å². The number of ether oxygens (including phenoxy) is 1. The molecule has 25 heavy (non-hydrogen) atoms. The Morgan fingerprint density at radius 2 is 1.92 bits per heavy atom. The Balaban J connectivity index is 1.55. The van der Waals surface area contributed by atoms with Crippen LogP contribution < -0.4 is 10.1 Å². The molecule has 1 heterocycles. The van der Waals surface area contributed by atoms with Gasteiger partial charge >= 0.3 is 6.18 Å². The number of anilines is 1. The highest BCUT2D eigenvalue weighted by Gasteiger charge is 2.28. The number of halogens is 3. The van der Waals surface area contributed by atoms with E-state index in [9.17, 15) is 18.0 Å². The maximum Gasteiger partial charge on any atom is 0.422 e. The van der Waals surface area contributed by atoms with Crippen LogP contribution in [0, 0.1) is 0 Å². The van der Waals surface area contributed by atoms with E-state index in [2.05, 4.69) is 20.4 Å². The molecule has 1 aromatic heterocycles. The summed E-state index contributed by atoms with van der Waals surface area (Å²) in [6.45, 7) is -1.30. The van der Waals surface area contributed by atoms with Crippen molar-refractivity contribution in [2.75, 3.05) is 11.9 Å². The van der Waals surface area contributed by atoms with E-state index in [4.69, 9.17) is 0 Å². The minimum Gasteiger partial charge on any atom is -0.484 e. The summed E-state index contributed by atoms with van der Waals surface area (Å²) in [5, 5.41) is 10.8. The number of nitrogens with zero attached hydrogens (tertiary/aromatic N) is 3. The van der Waals surface area contributed by atoms with Crippen LogP contribution in [-0.4, -0.2) is 33.7 Å². The van der Waals surface area contributed by atoms with E-state index < -0.39 is 12.8 Å². The highest BCUT2D eigenvalue weighted by molar-refractivity contribution is 5.90. The minimum absolute atomic E-state index is 0.0503. The number of alkyl halides is 3. The zero-order valence-electron chi connectivity index (χ0n) is 13.3. The predicted molar refractivity (Wildman–Crippen MR) is 83.3 cm³/mol. The van der Waals surface area contributed by atoms with Gasteiger partial charge in [-0.1, -0.05) is 5.21 Å². The van der Waals surface area contributed by atoms with Crippen LogP contribution in [0.5, 0.6) is 5.75 Å². The van der Waals surface area contributed by atoms with E-state index in [1.54, 1.807) is 4.68 Å². The van der Waals surface area contributed by atoms with Crippen LogP contribution in [0.1, 0.15) is 24.2 Å². The maximum atomic E-state index is 12.1. The van der Waals surface area contributed by atoms with Crippen molar-refractivity contribution in [1.29, 1.82) is 0 Å². The number of aryl methyl sites for hydroxylation is 1. The Hall–Kier alpha value is -2.58. The van der Waals surface area contributed by atoms with Crippen LogP contribution in [0.3, 0.4) is 0 Å². The van der Waals surface area contributed by atoms with Gasteiger partial charge in [-0.2, -0.15) is 13.2 Å². The first kappa shape index (κ1) is 17.2. The zero-order chi connectivity index (χ0) is 17.9. The van der Waals surface area contributed by atoms with Crippen LogP contribution in [-0.2, 0) is 24.2 Å². The predicted octanol–water partition coefficient (Wildman–Crippen LogP) is 2.74. The first-order valence-electron chi connectivity index (χ1n) is 7.91. The topological polar surface area (TPSA) is 69.0 Å². The molecule has 1 amide bonds. The van der Waals surface area contributed by atoms with Crippen molar-refractivity contribution < 1.29 is 22.7 Å². The molecule has 2 aromatic rings. The van der Waals surface area contributed by atoms with Crippen LogP contribution in [0.4, 0.5) is 18.9 Å². The van der Waals surface area contributed by atoms with Gasteiger partial charge in [0.15, 0.2) is 6.61 Å². The van der Waals surface area contributed by atoms with Gasteiger partial charge in [0.25, 0.3) is 0 Å². The molecule has 134 valence electrons. The van der Waals surface area contributed by atoms with Crippen molar-refractivity contribution in [3.05, 3.63) is 35.7 Å². The number of hydrogen-bond donors (Lipinski definition) is 1. The summed E-state index contributed by atoms with van der Waals surface area (Å²) in [6, 6.07) is 5.72. The lowest BCUT2D eigenvalue weighted by Gasteiger charge is -2.12. The Morgan fingerprint density at radius 1 is 1.20 bits per heavy atom. The van der Waals surface area contributed by atoms with Gasteiger partial charge in [-0.3, -0.25) is 4.79 Å². The molecule has 0 radical (unpaired) electrons. The fourth-order valence-corrected chi connectivity index (χ4v) is 2.68. The summed E-state index contributed by atoms with van der Waals surface area (Å²) < 4.78 is 42.5. The van der Waals surface area contributed by atoms with Crippen LogP contribution in [0.25, 0.3) is 0 Å². The van der Waals surface area contributed by atoms with Crippen molar-refractivity contribution in [2.45, 2.75) is 38.4 Å². The number of aromatic nitrogens is 3. The van der Waals surface area contributed by atoms with Gasteiger partial charge in [-0.15, -0.1) is 5.10 Å². The van der Waals surface area contributed by atoms with Gasteiger partial charge in [0, 0.05) is 5.69 Å². The monoisotopic (exact) mass is 354 g/mol. The van der Waals surface area contributed by atoms with E-state index in [-0.39, 0.29) is 18.2 Å². The summed E-state index contributed by atoms with van der Waals surface area (Å²) in [7, 11) is 0. The van der Waals surface area contributed by atoms with Crippen molar-refractivity contribution in [2.24, 2.45) is 0 Å². The normalized spacial score (nSPS) is 14.0. The zero-order valence-corrected chi connectivity index (χ0v) is 13.3. The number of rotatable bonds is 5. The van der Waals surface area contributed by atoms with Crippen molar-refractivity contribution in [3.63, 3.8) is 0 Å². The third-order valence-corrected chi connectivity index (χ3v) is 3.83. The molecule has 3 rings (SSSR count). The molecule has 6 nitrogen and oxygen atoms in total. The van der Waals surface area contributed by atoms with E-state index in [0.717, 1.165) is 37.1 Å². The van der Waals surface area contributed by atoms with Crippen molar-refractivity contribution >= 4 is 11.6 Å². The number of benzene rings is 1. The number of hydrogen-bond acceptors (Lipinski definition) is 4. The molecule has 1 N–H and O–H groups in total. The molecule has 1 aliphatic rings. The third kappa shape index (κ3) is 4.71. The van der Waals surface area contributed by atoms with E-state index in [1.165, 1.54) is 24.3 Å². The summed E-state index contributed by atoms with van der Waals surface area (Å²) in [5.41, 5.74) is 2.42. The number of fused-ring (bicyclic) bond motifs is 1. The quantitative estimate of drug-likeness (QED) is 0.896. The largest absolute Gasteiger partial charge is 0.484 e. The van der Waals surface area contributed by atoms with Crippen LogP contribution >= 0.6 is 0 Å². The lowest BCUT2D eigenvalue weighted by Crippen LogP contribution is -2.21. The Bertz CT molecular complexity index is 741. The Morgan fingerprint density at radius 3 is 2.64 bits per heavy atom. The molecule has 0 unspecified atom stereocenters. The van der Waals surface area contributed by atoms with Crippen LogP contribution in [0.2, 0.25) is 0 Å². The molecule has 0 spiro atoms. The van der Waals surface area contributed by atoms with Gasteiger partial charge in [-0.25, -0.2) is 4.68 Å². The van der Waals surface area contributed by atoms with E-state index in [0.29, 0.717) is 5.69 Å². The molecular weight excluding hydrogens is 337 g/mol. The molecule has 0 bridgehead atoms. The Kier molecular flexibility index (Phi) is 4.91.